The topological polar surface area (TPSA) is 34.6 Å². The average Bonchev–Trinajstić information content (AvgIpc) is 3.21. The van der Waals surface area contributed by atoms with Gasteiger partial charge in [0.15, 0.2) is 0 Å². The maximum Gasteiger partial charge on any atom is 0.0737 e. The number of fused-ring (bicyclic) bond motifs is 1. The number of nitrogens with one attached hydrogen (secondary N) is 1. The smallest absolute Gasteiger partial charge is 0.0737 e. The summed E-state index contributed by atoms with van der Waals surface area (Å²) in [5.74, 6) is 0. The van der Waals surface area contributed by atoms with Crippen molar-refractivity contribution in [3.8, 4) is 0 Å². The molecule has 3 heterocycles. The summed E-state index contributed by atoms with van der Waals surface area (Å²) in [5, 5.41) is 5.45. The van der Waals surface area contributed by atoms with Gasteiger partial charge in [-0.1, -0.05) is 11.6 Å². The first-order valence-corrected chi connectivity index (χ1v) is 10.6. The van der Waals surface area contributed by atoms with Gasteiger partial charge in [-0.3, -0.25) is 14.8 Å². The molecule has 4 rings (SSSR count). The van der Waals surface area contributed by atoms with Crippen molar-refractivity contribution in [1.29, 1.82) is 0 Å². The van der Waals surface area contributed by atoms with E-state index >= 15 is 0 Å². The summed E-state index contributed by atoms with van der Waals surface area (Å²) < 4.78 is 0. The molecule has 2 aliphatic rings. The monoisotopic (exact) mass is 387 g/mol. The number of aromatic nitrogens is 1. The molecule has 1 aromatic heterocycles. The summed E-state index contributed by atoms with van der Waals surface area (Å²) >= 11 is 6.07. The fraction of sp³-hybridized carbons (Fsp3) is 0.571. The number of benzene rings is 1. The Kier molecular flexibility index (Phi) is 6.45. The maximum atomic E-state index is 6.07. The van der Waals surface area contributed by atoms with Crippen molar-refractivity contribution in [1.82, 2.24) is 19.7 Å². The minimum absolute atomic E-state index is 0.731. The third kappa shape index (κ3) is 5.11. The van der Waals surface area contributed by atoms with Crippen molar-refractivity contribution >= 4 is 28.2 Å². The largest absolute Gasteiger partial charge is 0.383 e. The molecule has 27 heavy (non-hydrogen) atoms. The van der Waals surface area contributed by atoms with Crippen molar-refractivity contribution in [2.75, 3.05) is 70.8 Å². The molecule has 0 aliphatic carbocycles. The van der Waals surface area contributed by atoms with Gasteiger partial charge in [-0.25, -0.2) is 0 Å². The molecule has 0 atom stereocenters. The molecule has 1 aromatic carbocycles. The first-order chi connectivity index (χ1) is 13.3. The standard InChI is InChI=1S/C21H30ClN5/c22-18-3-4-19-20(5-6-23-21(19)17-18)24-7-10-26-12-15-27(16-13-26)14-11-25-8-1-2-9-25/h3-6,17H,1-2,7-16H2,(H,23,24). The number of anilines is 1. The Labute approximate surface area is 167 Å². The summed E-state index contributed by atoms with van der Waals surface area (Å²) in [6.45, 7) is 11.9. The van der Waals surface area contributed by atoms with Gasteiger partial charge >= 0.3 is 0 Å². The highest BCUT2D eigenvalue weighted by Crippen LogP contribution is 2.24. The van der Waals surface area contributed by atoms with Crippen LogP contribution in [0.4, 0.5) is 5.69 Å². The number of likely N-dealkylation sites (tertiary alicyclic amines) is 1. The van der Waals surface area contributed by atoms with Crippen LogP contribution in [0.2, 0.25) is 5.02 Å². The van der Waals surface area contributed by atoms with E-state index in [-0.39, 0.29) is 0 Å². The quantitative estimate of drug-likeness (QED) is 0.790. The summed E-state index contributed by atoms with van der Waals surface area (Å²) in [6.07, 6.45) is 4.63. The lowest BCUT2D eigenvalue weighted by atomic mass is 10.2. The van der Waals surface area contributed by atoms with E-state index in [1.807, 2.05) is 30.5 Å². The highest BCUT2D eigenvalue weighted by molar-refractivity contribution is 6.31. The molecule has 2 aromatic rings. The molecule has 0 bridgehead atoms. The first-order valence-electron chi connectivity index (χ1n) is 10.2. The lowest BCUT2D eigenvalue weighted by Crippen LogP contribution is -2.49. The van der Waals surface area contributed by atoms with Crippen LogP contribution < -0.4 is 5.32 Å². The molecule has 5 nitrogen and oxygen atoms in total. The number of rotatable bonds is 7. The van der Waals surface area contributed by atoms with Crippen LogP contribution in [0.1, 0.15) is 12.8 Å². The number of hydrogen-bond acceptors (Lipinski definition) is 5. The predicted octanol–water partition coefficient (Wildman–Crippen LogP) is 3.01. The Morgan fingerprint density at radius 2 is 1.52 bits per heavy atom. The zero-order chi connectivity index (χ0) is 18.5. The number of hydrogen-bond donors (Lipinski definition) is 1. The van der Waals surface area contributed by atoms with Crippen molar-refractivity contribution < 1.29 is 0 Å². The van der Waals surface area contributed by atoms with Crippen molar-refractivity contribution in [2.24, 2.45) is 0 Å². The number of halogens is 1. The summed E-state index contributed by atoms with van der Waals surface area (Å²) in [6, 6.07) is 7.94. The van der Waals surface area contributed by atoms with Gasteiger partial charge in [-0.05, 0) is 50.2 Å². The Bertz CT molecular complexity index is 738. The Morgan fingerprint density at radius 3 is 2.26 bits per heavy atom. The molecule has 2 aliphatic heterocycles. The van der Waals surface area contributed by atoms with Crippen LogP contribution in [-0.4, -0.2) is 85.1 Å². The Hall–Kier alpha value is -1.40. The summed E-state index contributed by atoms with van der Waals surface area (Å²) in [7, 11) is 0. The van der Waals surface area contributed by atoms with Gasteiger partial charge in [0.25, 0.3) is 0 Å². The van der Waals surface area contributed by atoms with E-state index in [1.165, 1.54) is 65.2 Å². The van der Waals surface area contributed by atoms with Crippen LogP contribution in [0.3, 0.4) is 0 Å². The van der Waals surface area contributed by atoms with Gasteiger partial charge in [0, 0.05) is 74.7 Å². The highest BCUT2D eigenvalue weighted by atomic mass is 35.5. The first kappa shape index (κ1) is 18.9. The molecule has 6 heteroatoms. The van der Waals surface area contributed by atoms with E-state index in [4.69, 9.17) is 11.6 Å². The highest BCUT2D eigenvalue weighted by Gasteiger charge is 2.18. The Balaban J connectivity index is 1.19. The van der Waals surface area contributed by atoms with Crippen LogP contribution in [0.5, 0.6) is 0 Å². The normalized spacial score (nSPS) is 19.7. The van der Waals surface area contributed by atoms with Gasteiger partial charge in [0.05, 0.1) is 5.52 Å². The van der Waals surface area contributed by atoms with E-state index in [1.54, 1.807) is 0 Å². The number of piperazine rings is 1. The molecule has 1 N–H and O–H groups in total. The van der Waals surface area contributed by atoms with Gasteiger partial charge in [0.2, 0.25) is 0 Å². The minimum Gasteiger partial charge on any atom is -0.383 e. The predicted molar refractivity (Wildman–Crippen MR) is 114 cm³/mol. The molecular weight excluding hydrogens is 358 g/mol. The number of nitrogens with zero attached hydrogens (tertiary/aromatic N) is 4. The number of pyridine rings is 1. The second-order valence-corrected chi connectivity index (χ2v) is 8.12. The van der Waals surface area contributed by atoms with Gasteiger partial charge in [0.1, 0.15) is 0 Å². The molecule has 2 saturated heterocycles. The molecule has 0 spiro atoms. The third-order valence-electron chi connectivity index (χ3n) is 5.84. The van der Waals surface area contributed by atoms with E-state index in [0.29, 0.717) is 0 Å². The zero-order valence-corrected chi connectivity index (χ0v) is 16.8. The average molecular weight is 388 g/mol. The zero-order valence-electron chi connectivity index (χ0n) is 16.0. The van der Waals surface area contributed by atoms with Gasteiger partial charge in [-0.2, -0.15) is 0 Å². The van der Waals surface area contributed by atoms with Crippen LogP contribution in [-0.2, 0) is 0 Å². The molecular formula is C21H30ClN5. The van der Waals surface area contributed by atoms with Gasteiger partial charge in [-0.15, -0.1) is 0 Å². The van der Waals surface area contributed by atoms with E-state index in [9.17, 15) is 0 Å². The minimum atomic E-state index is 0.731. The lowest BCUT2D eigenvalue weighted by Gasteiger charge is -2.35. The molecule has 0 radical (unpaired) electrons. The van der Waals surface area contributed by atoms with E-state index < -0.39 is 0 Å². The fourth-order valence-electron chi connectivity index (χ4n) is 4.15. The molecule has 0 saturated carbocycles. The van der Waals surface area contributed by atoms with Crippen LogP contribution >= 0.6 is 11.6 Å². The molecule has 2 fully saturated rings. The molecule has 146 valence electrons. The van der Waals surface area contributed by atoms with E-state index in [0.717, 1.165) is 34.7 Å². The van der Waals surface area contributed by atoms with Crippen LogP contribution in [0.15, 0.2) is 30.5 Å². The summed E-state index contributed by atoms with van der Waals surface area (Å²) in [4.78, 5) is 12.2. The van der Waals surface area contributed by atoms with Gasteiger partial charge < -0.3 is 10.2 Å². The molecule has 0 amide bonds. The van der Waals surface area contributed by atoms with Crippen LogP contribution in [0, 0.1) is 0 Å². The molecule has 0 unspecified atom stereocenters. The van der Waals surface area contributed by atoms with Crippen molar-refractivity contribution in [3.05, 3.63) is 35.5 Å². The van der Waals surface area contributed by atoms with Crippen molar-refractivity contribution in [2.45, 2.75) is 12.8 Å². The fourth-order valence-corrected chi connectivity index (χ4v) is 4.32. The lowest BCUT2D eigenvalue weighted by molar-refractivity contribution is 0.125. The second kappa shape index (κ2) is 9.20. The van der Waals surface area contributed by atoms with Crippen molar-refractivity contribution in [3.63, 3.8) is 0 Å². The van der Waals surface area contributed by atoms with E-state index in [2.05, 4.69) is 25.0 Å². The third-order valence-corrected chi connectivity index (χ3v) is 6.08. The second-order valence-electron chi connectivity index (χ2n) is 7.68. The Morgan fingerprint density at radius 1 is 0.852 bits per heavy atom. The summed E-state index contributed by atoms with van der Waals surface area (Å²) in [5.41, 5.74) is 2.08. The maximum absolute atomic E-state index is 6.07. The SMILES string of the molecule is Clc1ccc2c(NCCN3CCN(CCN4CCCC4)CC3)ccnc2c1. The van der Waals surface area contributed by atoms with Crippen LogP contribution in [0.25, 0.3) is 10.9 Å².